The van der Waals surface area contributed by atoms with Crippen molar-refractivity contribution >= 4 is 29.0 Å². The summed E-state index contributed by atoms with van der Waals surface area (Å²) in [7, 11) is 0. The lowest BCUT2D eigenvalue weighted by Crippen LogP contribution is -2.30. The molecule has 0 spiro atoms. The van der Waals surface area contributed by atoms with Crippen LogP contribution in [0, 0.1) is 0 Å². The molecule has 124 valence electrons. The second-order valence-electron chi connectivity index (χ2n) is 5.26. The van der Waals surface area contributed by atoms with E-state index >= 15 is 0 Å². The van der Waals surface area contributed by atoms with E-state index in [-0.39, 0.29) is 5.78 Å². The van der Waals surface area contributed by atoms with Crippen molar-refractivity contribution in [2.45, 2.75) is 20.0 Å². The number of nitrogens with one attached hydrogen (secondary N) is 1. The van der Waals surface area contributed by atoms with E-state index in [4.69, 9.17) is 10.5 Å². The molecule has 0 aromatic heterocycles. The predicted molar refractivity (Wildman–Crippen MR) is 90.8 cm³/mol. The third kappa shape index (κ3) is 4.19. The topological polar surface area (TPSA) is 98.5 Å². The Bertz CT molecular complexity index is 769. The molecular weight excluding hydrogens is 308 g/mol. The summed E-state index contributed by atoms with van der Waals surface area (Å²) in [5.74, 6) is -1.32. The third-order valence-corrected chi connectivity index (χ3v) is 3.36. The molecule has 1 amide bonds. The first-order valence-corrected chi connectivity index (χ1v) is 7.36. The SMILES string of the molecule is CC(=O)c1ccccc1NC(=O)[C@@H](C)OC(=O)c1ccc(N)cc1. The number of hydrogen-bond acceptors (Lipinski definition) is 5. The van der Waals surface area contributed by atoms with Gasteiger partial charge in [-0.25, -0.2) is 4.79 Å². The van der Waals surface area contributed by atoms with Gasteiger partial charge in [0.1, 0.15) is 0 Å². The van der Waals surface area contributed by atoms with Gasteiger partial charge in [-0.15, -0.1) is 0 Å². The van der Waals surface area contributed by atoms with Crippen molar-refractivity contribution in [3.05, 3.63) is 59.7 Å². The molecule has 2 aromatic rings. The fourth-order valence-electron chi connectivity index (χ4n) is 2.03. The zero-order valence-electron chi connectivity index (χ0n) is 13.4. The predicted octanol–water partition coefficient (Wildman–Crippen LogP) is 2.66. The highest BCUT2D eigenvalue weighted by molar-refractivity contribution is 6.05. The Kier molecular flexibility index (Phi) is 5.31. The van der Waals surface area contributed by atoms with Crippen molar-refractivity contribution in [3.8, 4) is 0 Å². The Hall–Kier alpha value is -3.15. The van der Waals surface area contributed by atoms with Crippen molar-refractivity contribution in [1.82, 2.24) is 0 Å². The number of ether oxygens (including phenoxy) is 1. The summed E-state index contributed by atoms with van der Waals surface area (Å²) in [4.78, 5) is 35.8. The molecular formula is C18H18N2O4. The van der Waals surface area contributed by atoms with Gasteiger partial charge in [0.2, 0.25) is 0 Å². The van der Waals surface area contributed by atoms with Gasteiger partial charge < -0.3 is 15.8 Å². The van der Waals surface area contributed by atoms with Crippen LogP contribution in [0.4, 0.5) is 11.4 Å². The minimum absolute atomic E-state index is 0.169. The number of nitrogens with two attached hydrogens (primary N) is 1. The molecule has 0 aliphatic heterocycles. The lowest BCUT2D eigenvalue weighted by molar-refractivity contribution is -0.123. The Labute approximate surface area is 139 Å². The molecule has 24 heavy (non-hydrogen) atoms. The second kappa shape index (κ2) is 7.41. The maximum atomic E-state index is 12.2. The number of ketones is 1. The standard InChI is InChI=1S/C18H18N2O4/c1-11(21)15-5-3-4-6-16(15)20-17(22)12(2)24-18(23)13-7-9-14(19)10-8-13/h3-10,12H,19H2,1-2H3,(H,20,22)/t12-/m1/s1. The fraction of sp³-hybridized carbons (Fsp3) is 0.167. The van der Waals surface area contributed by atoms with Gasteiger partial charge in [0.05, 0.1) is 11.3 Å². The molecule has 3 N–H and O–H groups in total. The smallest absolute Gasteiger partial charge is 0.338 e. The Balaban J connectivity index is 2.04. The van der Waals surface area contributed by atoms with Crippen LogP contribution in [0.2, 0.25) is 0 Å². The molecule has 0 heterocycles. The average molecular weight is 326 g/mol. The fourth-order valence-corrected chi connectivity index (χ4v) is 2.03. The van der Waals surface area contributed by atoms with Gasteiger partial charge >= 0.3 is 5.97 Å². The van der Waals surface area contributed by atoms with E-state index in [1.165, 1.54) is 26.0 Å². The van der Waals surface area contributed by atoms with Crippen molar-refractivity contribution in [2.24, 2.45) is 0 Å². The van der Waals surface area contributed by atoms with E-state index in [0.717, 1.165) is 0 Å². The van der Waals surface area contributed by atoms with Gasteiger partial charge in [-0.2, -0.15) is 0 Å². The van der Waals surface area contributed by atoms with Crippen molar-refractivity contribution < 1.29 is 19.1 Å². The highest BCUT2D eigenvalue weighted by Gasteiger charge is 2.20. The molecule has 1 atom stereocenters. The summed E-state index contributed by atoms with van der Waals surface area (Å²) in [5, 5.41) is 2.60. The zero-order valence-corrected chi connectivity index (χ0v) is 13.4. The number of rotatable bonds is 5. The highest BCUT2D eigenvalue weighted by atomic mass is 16.5. The number of carbonyl (C=O) groups is 3. The van der Waals surface area contributed by atoms with Gasteiger partial charge in [0, 0.05) is 11.3 Å². The van der Waals surface area contributed by atoms with Crippen LogP contribution in [-0.2, 0) is 9.53 Å². The molecule has 0 radical (unpaired) electrons. The molecule has 0 saturated heterocycles. The largest absolute Gasteiger partial charge is 0.449 e. The molecule has 0 fully saturated rings. The number of amides is 1. The van der Waals surface area contributed by atoms with Crippen LogP contribution < -0.4 is 11.1 Å². The van der Waals surface area contributed by atoms with E-state index in [1.54, 1.807) is 36.4 Å². The first-order valence-electron chi connectivity index (χ1n) is 7.36. The Morgan fingerprint density at radius 3 is 2.29 bits per heavy atom. The van der Waals surface area contributed by atoms with Gasteiger partial charge in [-0.05, 0) is 50.2 Å². The number of nitrogen functional groups attached to an aromatic ring is 1. The van der Waals surface area contributed by atoms with Gasteiger partial charge in [0.25, 0.3) is 5.91 Å². The lowest BCUT2D eigenvalue weighted by Gasteiger charge is -2.15. The minimum Gasteiger partial charge on any atom is -0.449 e. The number of esters is 1. The summed E-state index contributed by atoms with van der Waals surface area (Å²) in [6.07, 6.45) is -1.02. The number of anilines is 2. The molecule has 0 saturated carbocycles. The number of carbonyl (C=O) groups excluding carboxylic acids is 3. The van der Waals surface area contributed by atoms with Crippen molar-refractivity contribution in [2.75, 3.05) is 11.1 Å². The van der Waals surface area contributed by atoms with E-state index in [0.29, 0.717) is 22.5 Å². The Morgan fingerprint density at radius 2 is 1.67 bits per heavy atom. The van der Waals surface area contributed by atoms with Crippen LogP contribution >= 0.6 is 0 Å². The quantitative estimate of drug-likeness (QED) is 0.500. The molecule has 0 aliphatic carbocycles. The van der Waals surface area contributed by atoms with Gasteiger partial charge in [-0.3, -0.25) is 9.59 Å². The van der Waals surface area contributed by atoms with Crippen LogP contribution in [0.1, 0.15) is 34.6 Å². The molecule has 6 nitrogen and oxygen atoms in total. The first kappa shape index (κ1) is 17.2. The first-order chi connectivity index (χ1) is 11.4. The van der Waals surface area contributed by atoms with Crippen LogP contribution in [0.3, 0.4) is 0 Å². The zero-order chi connectivity index (χ0) is 17.7. The highest BCUT2D eigenvalue weighted by Crippen LogP contribution is 2.16. The Morgan fingerprint density at radius 1 is 1.04 bits per heavy atom. The van der Waals surface area contributed by atoms with Gasteiger partial charge in [0.15, 0.2) is 11.9 Å². The van der Waals surface area contributed by atoms with E-state index in [2.05, 4.69) is 5.32 Å². The summed E-state index contributed by atoms with van der Waals surface area (Å²) in [5.41, 5.74) is 7.15. The van der Waals surface area contributed by atoms with Crippen molar-refractivity contribution in [1.29, 1.82) is 0 Å². The van der Waals surface area contributed by atoms with E-state index < -0.39 is 18.0 Å². The second-order valence-corrected chi connectivity index (χ2v) is 5.26. The maximum Gasteiger partial charge on any atom is 0.338 e. The molecule has 2 rings (SSSR count). The molecule has 6 heteroatoms. The van der Waals surface area contributed by atoms with Crippen LogP contribution in [-0.4, -0.2) is 23.8 Å². The third-order valence-electron chi connectivity index (χ3n) is 3.36. The van der Waals surface area contributed by atoms with Crippen LogP contribution in [0.5, 0.6) is 0 Å². The number of benzene rings is 2. The summed E-state index contributed by atoms with van der Waals surface area (Å²) >= 11 is 0. The molecule has 0 bridgehead atoms. The lowest BCUT2D eigenvalue weighted by atomic mass is 10.1. The summed E-state index contributed by atoms with van der Waals surface area (Å²) in [6, 6.07) is 12.8. The summed E-state index contributed by atoms with van der Waals surface area (Å²) in [6.45, 7) is 2.87. The monoisotopic (exact) mass is 326 g/mol. The minimum atomic E-state index is -1.02. The summed E-state index contributed by atoms with van der Waals surface area (Å²) < 4.78 is 5.13. The number of hydrogen-bond donors (Lipinski definition) is 2. The molecule has 0 unspecified atom stereocenters. The van der Waals surface area contributed by atoms with Gasteiger partial charge in [-0.1, -0.05) is 12.1 Å². The van der Waals surface area contributed by atoms with Crippen LogP contribution in [0.15, 0.2) is 48.5 Å². The number of para-hydroxylation sites is 1. The normalized spacial score (nSPS) is 11.4. The number of Topliss-reactive ketones (excluding diaryl/α,β-unsaturated/α-hetero) is 1. The average Bonchev–Trinajstić information content (AvgIpc) is 2.55. The molecule has 2 aromatic carbocycles. The van der Waals surface area contributed by atoms with Crippen LogP contribution in [0.25, 0.3) is 0 Å². The van der Waals surface area contributed by atoms with E-state index in [9.17, 15) is 14.4 Å². The molecule has 0 aliphatic rings. The maximum absolute atomic E-state index is 12.2. The van der Waals surface area contributed by atoms with Crippen molar-refractivity contribution in [3.63, 3.8) is 0 Å². The van der Waals surface area contributed by atoms with E-state index in [1.807, 2.05) is 0 Å².